The molecule has 35 heavy (non-hydrogen) atoms. The highest BCUT2D eigenvalue weighted by atomic mass is 16.5. The number of rotatable bonds is 9. The van der Waals surface area contributed by atoms with Crippen LogP contribution < -0.4 is 14.8 Å². The van der Waals surface area contributed by atoms with Crippen molar-refractivity contribution >= 4 is 11.6 Å². The number of hydrogen-bond acceptors (Lipinski definition) is 5. The number of ether oxygens (including phenoxy) is 2. The molecule has 0 aliphatic carbocycles. The first-order chi connectivity index (χ1) is 16.8. The molecule has 0 radical (unpaired) electrons. The van der Waals surface area contributed by atoms with Crippen LogP contribution in [-0.4, -0.2) is 32.6 Å². The molecule has 0 atom stereocenters. The Balaban J connectivity index is 1.39. The topological polar surface area (TPSA) is 83.2 Å². The van der Waals surface area contributed by atoms with Gasteiger partial charge < -0.3 is 14.8 Å². The molecule has 0 unspecified atom stereocenters. The Morgan fingerprint density at radius 2 is 1.80 bits per heavy atom. The number of nitrogens with one attached hydrogen (secondary N) is 1. The lowest BCUT2D eigenvalue weighted by Crippen LogP contribution is -2.15. The zero-order chi connectivity index (χ0) is 24.9. The predicted octanol–water partition coefficient (Wildman–Crippen LogP) is 5.17. The molecule has 2 aromatic heterocycles. The summed E-state index contributed by atoms with van der Waals surface area (Å²) in [5, 5.41) is 11.9. The van der Waals surface area contributed by atoms with Gasteiger partial charge in [0, 0.05) is 6.20 Å². The fraction of sp³-hybridized carbons (Fsp3) is 0.296. The second-order valence-corrected chi connectivity index (χ2v) is 8.75. The van der Waals surface area contributed by atoms with E-state index in [9.17, 15) is 4.79 Å². The maximum Gasteiger partial charge on any atom is 0.276 e. The fourth-order valence-electron chi connectivity index (χ4n) is 3.80. The van der Waals surface area contributed by atoms with Crippen molar-refractivity contribution in [1.82, 2.24) is 19.6 Å². The van der Waals surface area contributed by atoms with Gasteiger partial charge in [0.15, 0.2) is 12.4 Å². The van der Waals surface area contributed by atoms with Crippen molar-refractivity contribution < 1.29 is 14.3 Å². The lowest BCUT2D eigenvalue weighted by molar-refractivity contribution is 0.102. The van der Waals surface area contributed by atoms with Gasteiger partial charge in [-0.1, -0.05) is 38.1 Å². The van der Waals surface area contributed by atoms with Crippen LogP contribution in [0.4, 0.5) is 5.69 Å². The molecule has 8 heteroatoms. The zero-order valence-electron chi connectivity index (χ0n) is 20.8. The Hall–Kier alpha value is -4.07. The second-order valence-electron chi connectivity index (χ2n) is 8.75. The van der Waals surface area contributed by atoms with Crippen LogP contribution in [0.1, 0.15) is 52.8 Å². The summed E-state index contributed by atoms with van der Waals surface area (Å²) in [6, 6.07) is 17.5. The van der Waals surface area contributed by atoms with Crippen molar-refractivity contribution in [2.75, 3.05) is 12.4 Å². The quantitative estimate of drug-likeness (QED) is 0.363. The van der Waals surface area contributed by atoms with Crippen molar-refractivity contribution in [2.24, 2.45) is 0 Å². The van der Waals surface area contributed by atoms with E-state index in [1.54, 1.807) is 24.1 Å². The van der Waals surface area contributed by atoms with Crippen molar-refractivity contribution in [3.63, 3.8) is 0 Å². The van der Waals surface area contributed by atoms with Crippen LogP contribution in [0.3, 0.4) is 0 Å². The van der Waals surface area contributed by atoms with Gasteiger partial charge in [-0.05, 0) is 61.2 Å². The number of nitrogens with zero attached hydrogens (tertiary/aromatic N) is 4. The molecule has 4 rings (SSSR count). The Morgan fingerprint density at radius 3 is 2.51 bits per heavy atom. The Labute approximate surface area is 205 Å². The fourth-order valence-corrected chi connectivity index (χ4v) is 3.80. The molecule has 1 amide bonds. The molecule has 0 aliphatic heterocycles. The first-order valence-corrected chi connectivity index (χ1v) is 11.6. The van der Waals surface area contributed by atoms with Crippen LogP contribution in [0.2, 0.25) is 0 Å². The van der Waals surface area contributed by atoms with E-state index in [1.165, 1.54) is 5.56 Å². The van der Waals surface area contributed by atoms with Gasteiger partial charge >= 0.3 is 0 Å². The third-order valence-corrected chi connectivity index (χ3v) is 5.87. The molecular weight excluding hydrogens is 442 g/mol. The minimum atomic E-state index is -0.294. The van der Waals surface area contributed by atoms with E-state index in [2.05, 4.69) is 41.5 Å². The summed E-state index contributed by atoms with van der Waals surface area (Å²) < 4.78 is 14.6. The summed E-state index contributed by atoms with van der Waals surface area (Å²) >= 11 is 0. The molecule has 4 aromatic rings. The van der Waals surface area contributed by atoms with Gasteiger partial charge in [0.05, 0.1) is 30.7 Å². The van der Waals surface area contributed by atoms with E-state index in [1.807, 2.05) is 54.9 Å². The number of hydrogen-bond donors (Lipinski definition) is 1. The molecular formula is C27H31N5O3. The Bertz CT molecular complexity index is 1300. The minimum absolute atomic E-state index is 0.213. The van der Waals surface area contributed by atoms with Gasteiger partial charge in [-0.3, -0.25) is 9.48 Å². The highest BCUT2D eigenvalue weighted by molar-refractivity contribution is 6.03. The number of amides is 1. The summed E-state index contributed by atoms with van der Waals surface area (Å²) in [7, 11) is 1.65. The maximum absolute atomic E-state index is 12.9. The summed E-state index contributed by atoms with van der Waals surface area (Å²) in [6.45, 7) is 8.91. The SMILES string of the molecule is COc1cccc(Cn2nc(C)c(NC(=O)c3ccn(COc4ccc(C(C)C)cc4)n3)c2C)c1. The Morgan fingerprint density at radius 1 is 1.03 bits per heavy atom. The summed E-state index contributed by atoms with van der Waals surface area (Å²) in [5.41, 5.74) is 4.92. The van der Waals surface area contributed by atoms with Crippen molar-refractivity contribution in [3.8, 4) is 11.5 Å². The third kappa shape index (κ3) is 5.71. The van der Waals surface area contributed by atoms with Gasteiger partial charge in [-0.2, -0.15) is 10.2 Å². The monoisotopic (exact) mass is 473 g/mol. The van der Waals surface area contributed by atoms with Gasteiger partial charge in [0.1, 0.15) is 11.5 Å². The summed E-state index contributed by atoms with van der Waals surface area (Å²) in [6.07, 6.45) is 1.73. The van der Waals surface area contributed by atoms with E-state index in [-0.39, 0.29) is 12.6 Å². The number of anilines is 1. The van der Waals surface area contributed by atoms with Crippen LogP contribution in [0.5, 0.6) is 11.5 Å². The van der Waals surface area contributed by atoms with Crippen molar-refractivity contribution in [2.45, 2.75) is 46.9 Å². The average molecular weight is 474 g/mol. The molecule has 1 N–H and O–H groups in total. The molecule has 0 bridgehead atoms. The molecule has 2 heterocycles. The zero-order valence-corrected chi connectivity index (χ0v) is 20.8. The van der Waals surface area contributed by atoms with Gasteiger partial charge in [0.2, 0.25) is 0 Å². The number of aromatic nitrogens is 4. The van der Waals surface area contributed by atoms with Crippen LogP contribution in [0.15, 0.2) is 60.8 Å². The highest BCUT2D eigenvalue weighted by Crippen LogP contribution is 2.22. The van der Waals surface area contributed by atoms with E-state index in [0.717, 1.165) is 28.5 Å². The Kier molecular flexibility index (Phi) is 7.19. The smallest absolute Gasteiger partial charge is 0.276 e. The molecule has 2 aromatic carbocycles. The summed E-state index contributed by atoms with van der Waals surface area (Å²) in [5.74, 6) is 1.73. The van der Waals surface area contributed by atoms with E-state index in [0.29, 0.717) is 23.8 Å². The van der Waals surface area contributed by atoms with Gasteiger partial charge in [-0.25, -0.2) is 4.68 Å². The standard InChI is InChI=1S/C27H31N5O3/c1-18(2)22-9-11-23(12-10-22)35-17-31-14-13-25(30-31)27(33)28-26-19(3)29-32(20(26)4)16-21-7-6-8-24(15-21)34-5/h6-15,18H,16-17H2,1-5H3,(H,28,33). The molecule has 0 aliphatic rings. The predicted molar refractivity (Wildman–Crippen MR) is 135 cm³/mol. The van der Waals surface area contributed by atoms with Crippen molar-refractivity contribution in [1.29, 1.82) is 0 Å². The molecule has 0 fully saturated rings. The first kappa shape index (κ1) is 24.1. The van der Waals surface area contributed by atoms with E-state index in [4.69, 9.17) is 9.47 Å². The van der Waals surface area contributed by atoms with Crippen molar-refractivity contribution in [3.05, 3.63) is 89.0 Å². The largest absolute Gasteiger partial charge is 0.497 e. The minimum Gasteiger partial charge on any atom is -0.497 e. The summed E-state index contributed by atoms with van der Waals surface area (Å²) in [4.78, 5) is 12.9. The van der Waals surface area contributed by atoms with Crippen LogP contribution in [0, 0.1) is 13.8 Å². The lowest BCUT2D eigenvalue weighted by atomic mass is 10.0. The van der Waals surface area contributed by atoms with E-state index < -0.39 is 0 Å². The number of carbonyl (C=O) groups excluding carboxylic acids is 1. The average Bonchev–Trinajstić information content (AvgIpc) is 3.43. The normalized spacial score (nSPS) is 11.0. The molecule has 0 saturated carbocycles. The van der Waals surface area contributed by atoms with Crippen LogP contribution >= 0.6 is 0 Å². The number of benzene rings is 2. The van der Waals surface area contributed by atoms with Gasteiger partial charge in [-0.15, -0.1) is 0 Å². The van der Waals surface area contributed by atoms with E-state index >= 15 is 0 Å². The molecule has 0 saturated heterocycles. The third-order valence-electron chi connectivity index (χ3n) is 5.87. The number of aryl methyl sites for hydroxylation is 1. The lowest BCUT2D eigenvalue weighted by Gasteiger charge is -2.09. The maximum atomic E-state index is 12.9. The number of methoxy groups -OCH3 is 1. The first-order valence-electron chi connectivity index (χ1n) is 11.6. The number of carbonyl (C=O) groups is 1. The second kappa shape index (κ2) is 10.5. The molecule has 8 nitrogen and oxygen atoms in total. The van der Waals surface area contributed by atoms with Crippen LogP contribution in [-0.2, 0) is 13.3 Å². The molecule has 182 valence electrons. The van der Waals surface area contributed by atoms with Gasteiger partial charge in [0.25, 0.3) is 5.91 Å². The molecule has 0 spiro atoms. The highest BCUT2D eigenvalue weighted by Gasteiger charge is 2.17. The van der Waals surface area contributed by atoms with Crippen LogP contribution in [0.25, 0.3) is 0 Å².